The first-order chi connectivity index (χ1) is 5.28. The van der Waals surface area contributed by atoms with Crippen molar-refractivity contribution in [3.8, 4) is 0 Å². The van der Waals surface area contributed by atoms with E-state index in [9.17, 15) is 0 Å². The Kier molecular flexibility index (Phi) is 2.07. The summed E-state index contributed by atoms with van der Waals surface area (Å²) in [6, 6.07) is 0. The molecule has 70 valence electrons. The Morgan fingerprint density at radius 1 is 1.25 bits per heavy atom. The fourth-order valence-electron chi connectivity index (χ4n) is 1.51. The minimum Gasteiger partial charge on any atom is -0.283 e. The van der Waals surface area contributed by atoms with E-state index in [4.69, 9.17) is 0 Å². The van der Waals surface area contributed by atoms with Crippen LogP contribution in [0.2, 0.25) is 0 Å². The highest BCUT2D eigenvalue weighted by Gasteiger charge is 2.41. The van der Waals surface area contributed by atoms with Crippen molar-refractivity contribution in [2.45, 2.75) is 52.7 Å². The zero-order valence-corrected chi connectivity index (χ0v) is 9.02. The number of rotatable bonds is 1. The van der Waals surface area contributed by atoms with Gasteiger partial charge in [0.25, 0.3) is 0 Å². The van der Waals surface area contributed by atoms with Gasteiger partial charge in [-0.15, -0.1) is 0 Å². The van der Waals surface area contributed by atoms with Crippen molar-refractivity contribution in [3.05, 3.63) is 0 Å². The van der Waals surface area contributed by atoms with Crippen molar-refractivity contribution in [1.29, 1.82) is 0 Å². The summed E-state index contributed by atoms with van der Waals surface area (Å²) >= 11 is 0. The molecule has 1 aliphatic rings. The highest BCUT2D eigenvalue weighted by molar-refractivity contribution is 5.92. The molecule has 0 spiro atoms. The summed E-state index contributed by atoms with van der Waals surface area (Å²) < 4.78 is 0. The maximum atomic E-state index is 4.68. The summed E-state index contributed by atoms with van der Waals surface area (Å²) in [7, 11) is 0. The zero-order chi connectivity index (χ0) is 9.57. The number of aliphatic imine (C=N–C) groups is 1. The number of hydrogen-bond donors (Lipinski definition) is 1. The molecule has 0 bridgehead atoms. The predicted octanol–water partition coefficient (Wildman–Crippen LogP) is 2.20. The average Bonchev–Trinajstić information content (AvgIpc) is 2.03. The SMILES string of the molecule is CC1=NC(C)(C(C)C)NC1(C)C. The Bertz CT molecular complexity index is 216. The minimum atomic E-state index is -0.0619. The molecule has 1 atom stereocenters. The molecule has 0 aliphatic carbocycles. The third-order valence-electron chi connectivity index (χ3n) is 2.99. The maximum absolute atomic E-state index is 4.68. The topological polar surface area (TPSA) is 24.4 Å². The smallest absolute Gasteiger partial charge is 0.110 e. The normalized spacial score (nSPS) is 34.1. The molecule has 1 heterocycles. The van der Waals surface area contributed by atoms with Gasteiger partial charge in [-0.05, 0) is 33.6 Å². The number of hydrogen-bond acceptors (Lipinski definition) is 2. The molecule has 0 aromatic rings. The van der Waals surface area contributed by atoms with Gasteiger partial charge in [0.05, 0.1) is 5.54 Å². The second kappa shape index (κ2) is 2.56. The highest BCUT2D eigenvalue weighted by Crippen LogP contribution is 2.29. The van der Waals surface area contributed by atoms with Crippen molar-refractivity contribution in [1.82, 2.24) is 5.32 Å². The van der Waals surface area contributed by atoms with Crippen molar-refractivity contribution in [2.24, 2.45) is 10.9 Å². The van der Waals surface area contributed by atoms with E-state index in [0.717, 1.165) is 0 Å². The summed E-state index contributed by atoms with van der Waals surface area (Å²) in [4.78, 5) is 4.68. The molecule has 1 unspecified atom stereocenters. The second-order valence-electron chi connectivity index (χ2n) is 4.75. The molecule has 0 saturated carbocycles. The van der Waals surface area contributed by atoms with Crippen molar-refractivity contribution >= 4 is 5.71 Å². The molecular formula is C10H20N2. The Labute approximate surface area is 75.5 Å². The van der Waals surface area contributed by atoms with E-state index in [1.165, 1.54) is 5.71 Å². The van der Waals surface area contributed by atoms with Gasteiger partial charge in [0.2, 0.25) is 0 Å². The monoisotopic (exact) mass is 168 g/mol. The summed E-state index contributed by atoms with van der Waals surface area (Å²) in [5.41, 5.74) is 1.21. The fourth-order valence-corrected chi connectivity index (χ4v) is 1.51. The summed E-state index contributed by atoms with van der Waals surface area (Å²) in [5.74, 6) is 0.536. The molecule has 0 fully saturated rings. The Hall–Kier alpha value is -0.370. The molecule has 12 heavy (non-hydrogen) atoms. The lowest BCUT2D eigenvalue weighted by atomic mass is 9.96. The van der Waals surface area contributed by atoms with Gasteiger partial charge >= 0.3 is 0 Å². The molecule has 0 saturated heterocycles. The van der Waals surface area contributed by atoms with Crippen LogP contribution in [-0.4, -0.2) is 16.9 Å². The van der Waals surface area contributed by atoms with E-state index in [-0.39, 0.29) is 11.2 Å². The lowest BCUT2D eigenvalue weighted by molar-refractivity contribution is 0.259. The third-order valence-corrected chi connectivity index (χ3v) is 2.99. The Morgan fingerprint density at radius 2 is 1.75 bits per heavy atom. The van der Waals surface area contributed by atoms with Crippen molar-refractivity contribution in [3.63, 3.8) is 0 Å². The van der Waals surface area contributed by atoms with Crippen LogP contribution in [0.1, 0.15) is 41.5 Å². The molecule has 1 rings (SSSR count). The number of nitrogens with zero attached hydrogens (tertiary/aromatic N) is 1. The van der Waals surface area contributed by atoms with Gasteiger partial charge in [-0.1, -0.05) is 13.8 Å². The molecule has 0 radical (unpaired) electrons. The average molecular weight is 168 g/mol. The third kappa shape index (κ3) is 1.40. The van der Waals surface area contributed by atoms with Gasteiger partial charge in [-0.2, -0.15) is 0 Å². The van der Waals surface area contributed by atoms with Crippen LogP contribution in [0.3, 0.4) is 0 Å². The molecule has 0 amide bonds. The Balaban J connectivity index is 2.92. The lowest BCUT2D eigenvalue weighted by Crippen LogP contribution is -2.51. The summed E-state index contributed by atoms with van der Waals surface area (Å²) in [6.07, 6.45) is 0. The van der Waals surface area contributed by atoms with E-state index in [1.54, 1.807) is 0 Å². The van der Waals surface area contributed by atoms with Crippen LogP contribution >= 0.6 is 0 Å². The van der Waals surface area contributed by atoms with Gasteiger partial charge < -0.3 is 0 Å². The summed E-state index contributed by atoms with van der Waals surface area (Å²) in [5, 5.41) is 3.55. The van der Waals surface area contributed by atoms with Gasteiger partial charge in [-0.25, -0.2) is 0 Å². The van der Waals surface area contributed by atoms with Crippen LogP contribution in [0.15, 0.2) is 4.99 Å². The minimum absolute atomic E-state index is 0.0619. The van der Waals surface area contributed by atoms with Crippen LogP contribution < -0.4 is 5.32 Å². The van der Waals surface area contributed by atoms with Gasteiger partial charge in [0, 0.05) is 5.71 Å². The first-order valence-electron chi connectivity index (χ1n) is 4.64. The quantitative estimate of drug-likeness (QED) is 0.637. The van der Waals surface area contributed by atoms with E-state index in [0.29, 0.717) is 5.92 Å². The Morgan fingerprint density at radius 3 is 1.92 bits per heavy atom. The van der Waals surface area contributed by atoms with E-state index in [1.807, 2.05) is 0 Å². The number of nitrogens with one attached hydrogen (secondary N) is 1. The standard InChI is InChI=1S/C10H20N2/c1-7(2)10(6)11-8(3)9(4,5)12-10/h7,12H,1-6H3. The molecule has 0 aromatic carbocycles. The van der Waals surface area contributed by atoms with Gasteiger partial charge in [0.15, 0.2) is 0 Å². The molecule has 2 nitrogen and oxygen atoms in total. The van der Waals surface area contributed by atoms with E-state index >= 15 is 0 Å². The molecule has 2 heteroatoms. The summed E-state index contributed by atoms with van der Waals surface area (Å²) in [6.45, 7) is 13.0. The van der Waals surface area contributed by atoms with Crippen molar-refractivity contribution in [2.75, 3.05) is 0 Å². The van der Waals surface area contributed by atoms with Crippen LogP contribution in [0, 0.1) is 5.92 Å². The van der Waals surface area contributed by atoms with Gasteiger partial charge in [0.1, 0.15) is 5.66 Å². The van der Waals surface area contributed by atoms with Crippen LogP contribution in [0.4, 0.5) is 0 Å². The zero-order valence-electron chi connectivity index (χ0n) is 9.02. The van der Waals surface area contributed by atoms with Crippen molar-refractivity contribution < 1.29 is 0 Å². The maximum Gasteiger partial charge on any atom is 0.110 e. The highest BCUT2D eigenvalue weighted by atomic mass is 15.2. The second-order valence-corrected chi connectivity index (χ2v) is 4.75. The first kappa shape index (κ1) is 9.72. The molecule has 1 N–H and O–H groups in total. The first-order valence-corrected chi connectivity index (χ1v) is 4.64. The predicted molar refractivity (Wildman–Crippen MR) is 53.6 cm³/mol. The molecular weight excluding hydrogens is 148 g/mol. The van der Waals surface area contributed by atoms with Crippen LogP contribution in [0.25, 0.3) is 0 Å². The largest absolute Gasteiger partial charge is 0.283 e. The van der Waals surface area contributed by atoms with E-state index in [2.05, 4.69) is 51.9 Å². The molecule has 0 aromatic heterocycles. The van der Waals surface area contributed by atoms with Crippen LogP contribution in [-0.2, 0) is 0 Å². The van der Waals surface area contributed by atoms with Crippen LogP contribution in [0.5, 0.6) is 0 Å². The molecule has 1 aliphatic heterocycles. The lowest BCUT2D eigenvalue weighted by Gasteiger charge is -2.31. The fraction of sp³-hybridized carbons (Fsp3) is 0.900. The van der Waals surface area contributed by atoms with Gasteiger partial charge in [-0.3, -0.25) is 10.3 Å². The van der Waals surface area contributed by atoms with E-state index < -0.39 is 0 Å².